The smallest absolute Gasteiger partial charge is 0.248 e. The van der Waals surface area contributed by atoms with Crippen molar-refractivity contribution in [3.05, 3.63) is 65.2 Å². The SMILES string of the molecule is CN(Cc1cccc(N)c1)Cc1cccc(C(N)=O)c1. The number of amides is 1. The predicted molar refractivity (Wildman–Crippen MR) is 81.0 cm³/mol. The minimum absolute atomic E-state index is 0.398. The molecule has 104 valence electrons. The van der Waals surface area contributed by atoms with Crippen LogP contribution in [0.5, 0.6) is 0 Å². The maximum atomic E-state index is 11.2. The Morgan fingerprint density at radius 1 is 1.05 bits per heavy atom. The average Bonchev–Trinajstić information content (AvgIpc) is 2.38. The van der Waals surface area contributed by atoms with Crippen LogP contribution in [0.15, 0.2) is 48.5 Å². The first-order valence-electron chi connectivity index (χ1n) is 6.46. The Hall–Kier alpha value is -2.33. The molecule has 0 bridgehead atoms. The number of anilines is 1. The number of rotatable bonds is 5. The first-order valence-corrected chi connectivity index (χ1v) is 6.46. The van der Waals surface area contributed by atoms with Crippen LogP contribution in [0.1, 0.15) is 21.5 Å². The van der Waals surface area contributed by atoms with Gasteiger partial charge in [0.25, 0.3) is 0 Å². The first-order chi connectivity index (χ1) is 9.54. The average molecular weight is 269 g/mol. The second kappa shape index (κ2) is 6.21. The zero-order valence-corrected chi connectivity index (χ0v) is 11.5. The molecule has 0 aliphatic heterocycles. The number of nitrogen functional groups attached to an aromatic ring is 1. The molecule has 0 saturated heterocycles. The van der Waals surface area contributed by atoms with Crippen LogP contribution in [0.25, 0.3) is 0 Å². The van der Waals surface area contributed by atoms with Crippen molar-refractivity contribution in [1.82, 2.24) is 4.90 Å². The number of carbonyl (C=O) groups excluding carboxylic acids is 1. The van der Waals surface area contributed by atoms with Crippen molar-refractivity contribution < 1.29 is 4.79 Å². The van der Waals surface area contributed by atoms with Gasteiger partial charge in [-0.15, -0.1) is 0 Å². The molecule has 2 aromatic rings. The minimum Gasteiger partial charge on any atom is -0.399 e. The number of nitrogens with zero attached hydrogens (tertiary/aromatic N) is 1. The Balaban J connectivity index is 2.02. The molecule has 20 heavy (non-hydrogen) atoms. The van der Waals surface area contributed by atoms with Crippen molar-refractivity contribution in [2.24, 2.45) is 5.73 Å². The van der Waals surface area contributed by atoms with Crippen molar-refractivity contribution in [3.63, 3.8) is 0 Å². The third-order valence-electron chi connectivity index (χ3n) is 3.07. The fourth-order valence-corrected chi connectivity index (χ4v) is 2.19. The highest BCUT2D eigenvalue weighted by Gasteiger charge is 2.05. The fraction of sp³-hybridized carbons (Fsp3) is 0.188. The van der Waals surface area contributed by atoms with Crippen LogP contribution >= 0.6 is 0 Å². The van der Waals surface area contributed by atoms with Crippen LogP contribution in [0, 0.1) is 0 Å². The Morgan fingerprint density at radius 2 is 1.65 bits per heavy atom. The molecule has 0 aromatic heterocycles. The molecular weight excluding hydrogens is 250 g/mol. The van der Waals surface area contributed by atoms with Crippen molar-refractivity contribution >= 4 is 11.6 Å². The summed E-state index contributed by atoms with van der Waals surface area (Å²) in [5.41, 5.74) is 14.6. The van der Waals surface area contributed by atoms with Gasteiger partial charge in [-0.25, -0.2) is 0 Å². The van der Waals surface area contributed by atoms with Crippen LogP contribution in [0.2, 0.25) is 0 Å². The zero-order valence-electron chi connectivity index (χ0n) is 11.5. The van der Waals surface area contributed by atoms with Gasteiger partial charge in [0.1, 0.15) is 0 Å². The zero-order chi connectivity index (χ0) is 14.5. The van der Waals surface area contributed by atoms with Gasteiger partial charge >= 0.3 is 0 Å². The summed E-state index contributed by atoms with van der Waals surface area (Å²) in [6.07, 6.45) is 0. The second-order valence-corrected chi connectivity index (χ2v) is 4.98. The van der Waals surface area contributed by atoms with E-state index in [0.29, 0.717) is 5.56 Å². The van der Waals surface area contributed by atoms with E-state index in [1.54, 1.807) is 6.07 Å². The summed E-state index contributed by atoms with van der Waals surface area (Å²) in [6.45, 7) is 1.54. The summed E-state index contributed by atoms with van der Waals surface area (Å²) < 4.78 is 0. The molecule has 4 N–H and O–H groups in total. The molecule has 0 fully saturated rings. The van der Waals surface area contributed by atoms with E-state index in [-0.39, 0.29) is 0 Å². The molecule has 0 unspecified atom stereocenters. The molecule has 4 nitrogen and oxygen atoms in total. The highest BCUT2D eigenvalue weighted by atomic mass is 16.1. The number of carbonyl (C=O) groups is 1. The minimum atomic E-state index is -0.398. The Bertz CT molecular complexity index is 610. The lowest BCUT2D eigenvalue weighted by Crippen LogP contribution is -2.18. The number of hydrogen-bond acceptors (Lipinski definition) is 3. The van der Waals surface area contributed by atoms with E-state index in [1.807, 2.05) is 49.5 Å². The quantitative estimate of drug-likeness (QED) is 0.815. The third-order valence-corrected chi connectivity index (χ3v) is 3.07. The molecule has 0 radical (unpaired) electrons. The van der Waals surface area contributed by atoms with Crippen molar-refractivity contribution in [2.45, 2.75) is 13.1 Å². The molecule has 0 aliphatic rings. The summed E-state index contributed by atoms with van der Waals surface area (Å²) in [5, 5.41) is 0. The molecule has 0 spiro atoms. The molecule has 4 heteroatoms. The lowest BCUT2D eigenvalue weighted by molar-refractivity contribution is 0.1000. The topological polar surface area (TPSA) is 72.3 Å². The maximum absolute atomic E-state index is 11.2. The summed E-state index contributed by atoms with van der Waals surface area (Å²) >= 11 is 0. The molecule has 0 aliphatic carbocycles. The summed E-state index contributed by atoms with van der Waals surface area (Å²) in [5.74, 6) is -0.398. The number of primary amides is 1. The van der Waals surface area contributed by atoms with Crippen LogP contribution in [-0.2, 0) is 13.1 Å². The molecule has 0 saturated carbocycles. The van der Waals surface area contributed by atoms with Crippen LogP contribution in [-0.4, -0.2) is 17.9 Å². The van der Waals surface area contributed by atoms with E-state index in [4.69, 9.17) is 11.5 Å². The highest BCUT2D eigenvalue weighted by Crippen LogP contribution is 2.12. The molecule has 0 heterocycles. The molecule has 2 rings (SSSR count). The van der Waals surface area contributed by atoms with Gasteiger partial charge in [-0.1, -0.05) is 24.3 Å². The normalized spacial score (nSPS) is 10.7. The van der Waals surface area contributed by atoms with Crippen molar-refractivity contribution in [3.8, 4) is 0 Å². The second-order valence-electron chi connectivity index (χ2n) is 4.98. The summed E-state index contributed by atoms with van der Waals surface area (Å²) in [4.78, 5) is 13.3. The molecular formula is C16H19N3O. The Labute approximate surface area is 119 Å². The van der Waals surface area contributed by atoms with Crippen LogP contribution in [0.3, 0.4) is 0 Å². The fourth-order valence-electron chi connectivity index (χ4n) is 2.19. The Morgan fingerprint density at radius 3 is 2.25 bits per heavy atom. The standard InChI is InChI=1S/C16H19N3O/c1-19(11-13-5-3-7-15(17)9-13)10-12-4-2-6-14(8-12)16(18)20/h2-9H,10-11,17H2,1H3,(H2,18,20). The van der Waals surface area contributed by atoms with E-state index in [9.17, 15) is 4.79 Å². The van der Waals surface area contributed by atoms with Crippen molar-refractivity contribution in [2.75, 3.05) is 12.8 Å². The monoisotopic (exact) mass is 269 g/mol. The molecule has 0 atom stereocenters. The van der Waals surface area contributed by atoms with Gasteiger partial charge < -0.3 is 11.5 Å². The van der Waals surface area contributed by atoms with Gasteiger partial charge in [0.05, 0.1) is 0 Å². The van der Waals surface area contributed by atoms with Gasteiger partial charge in [-0.3, -0.25) is 9.69 Å². The van der Waals surface area contributed by atoms with Crippen LogP contribution in [0.4, 0.5) is 5.69 Å². The van der Waals surface area contributed by atoms with Gasteiger partial charge in [0, 0.05) is 24.3 Å². The predicted octanol–water partition coefficient (Wildman–Crippen LogP) is 2.00. The van der Waals surface area contributed by atoms with E-state index >= 15 is 0 Å². The Kier molecular flexibility index (Phi) is 4.38. The maximum Gasteiger partial charge on any atom is 0.248 e. The number of hydrogen-bond donors (Lipinski definition) is 2. The lowest BCUT2D eigenvalue weighted by atomic mass is 10.1. The van der Waals surface area contributed by atoms with E-state index < -0.39 is 5.91 Å². The highest BCUT2D eigenvalue weighted by molar-refractivity contribution is 5.92. The summed E-state index contributed by atoms with van der Waals surface area (Å²) in [6, 6.07) is 15.2. The van der Waals surface area contributed by atoms with Gasteiger partial charge in [-0.05, 0) is 42.4 Å². The van der Waals surface area contributed by atoms with E-state index in [2.05, 4.69) is 4.90 Å². The van der Waals surface area contributed by atoms with E-state index in [1.165, 1.54) is 5.56 Å². The first kappa shape index (κ1) is 14.1. The molecule has 2 aromatic carbocycles. The third kappa shape index (κ3) is 3.83. The van der Waals surface area contributed by atoms with Gasteiger partial charge in [0.2, 0.25) is 5.91 Å². The van der Waals surface area contributed by atoms with Crippen molar-refractivity contribution in [1.29, 1.82) is 0 Å². The lowest BCUT2D eigenvalue weighted by Gasteiger charge is -2.17. The summed E-state index contributed by atoms with van der Waals surface area (Å²) in [7, 11) is 2.03. The van der Waals surface area contributed by atoms with Gasteiger partial charge in [-0.2, -0.15) is 0 Å². The van der Waals surface area contributed by atoms with E-state index in [0.717, 1.165) is 24.3 Å². The molecule has 1 amide bonds. The largest absolute Gasteiger partial charge is 0.399 e. The van der Waals surface area contributed by atoms with Crippen LogP contribution < -0.4 is 11.5 Å². The number of benzene rings is 2. The van der Waals surface area contributed by atoms with Gasteiger partial charge in [0.15, 0.2) is 0 Å². The number of nitrogens with two attached hydrogens (primary N) is 2.